The number of aliphatic hydroxyl groups is 1. The summed E-state index contributed by atoms with van der Waals surface area (Å²) < 4.78 is 11.2. The van der Waals surface area contributed by atoms with Crippen LogP contribution in [0.15, 0.2) is 18.2 Å². The number of aliphatic hydroxyl groups excluding tert-OH is 1. The number of rotatable bonds is 6. The van der Waals surface area contributed by atoms with E-state index in [4.69, 9.17) is 9.47 Å². The molecule has 1 aromatic carbocycles. The topological polar surface area (TPSA) is 67.8 Å². The maximum Gasteiger partial charge on any atom is 0.220 e. The van der Waals surface area contributed by atoms with Gasteiger partial charge in [0.1, 0.15) is 5.75 Å². The highest BCUT2D eigenvalue weighted by Crippen LogP contribution is 2.48. The number of hydrogen-bond acceptors (Lipinski definition) is 4. The normalized spacial score (nSPS) is 26.2. The van der Waals surface area contributed by atoms with Gasteiger partial charge in [-0.2, -0.15) is 0 Å². The number of hydrogen-bond donors (Lipinski definition) is 2. The first-order valence-corrected chi connectivity index (χ1v) is 9.97. The molecule has 0 aromatic heterocycles. The minimum atomic E-state index is -0.306. The van der Waals surface area contributed by atoms with Crippen LogP contribution in [0, 0.1) is 5.41 Å². The Balaban J connectivity index is 1.19. The van der Waals surface area contributed by atoms with E-state index in [1.807, 2.05) is 6.07 Å². The van der Waals surface area contributed by atoms with Gasteiger partial charge in [-0.15, -0.1) is 0 Å². The molecule has 3 aliphatic rings. The number of amides is 1. The number of fused-ring (bicyclic) bond motifs is 1. The maximum atomic E-state index is 12.3. The molecule has 4 rings (SSSR count). The van der Waals surface area contributed by atoms with Crippen LogP contribution in [0.4, 0.5) is 0 Å². The minimum absolute atomic E-state index is 0.0605. The number of benzene rings is 1. The number of ether oxygens (including phenoxy) is 2. The summed E-state index contributed by atoms with van der Waals surface area (Å²) in [6, 6.07) is 6.44. The first kappa shape index (κ1) is 17.8. The van der Waals surface area contributed by atoms with E-state index in [9.17, 15) is 9.90 Å². The molecular weight excluding hydrogens is 330 g/mol. The third-order valence-electron chi connectivity index (χ3n) is 6.46. The second-order valence-corrected chi connectivity index (χ2v) is 7.95. The lowest BCUT2D eigenvalue weighted by Crippen LogP contribution is -2.65. The van der Waals surface area contributed by atoms with Gasteiger partial charge in [-0.25, -0.2) is 0 Å². The van der Waals surface area contributed by atoms with E-state index in [-0.39, 0.29) is 23.5 Å². The van der Waals surface area contributed by atoms with Crippen LogP contribution in [0.2, 0.25) is 0 Å². The molecular formula is C21H29NO4. The van der Waals surface area contributed by atoms with Crippen LogP contribution in [0.1, 0.15) is 49.7 Å². The Kier molecular flexibility index (Phi) is 5.18. The van der Waals surface area contributed by atoms with Gasteiger partial charge < -0.3 is 19.9 Å². The lowest BCUT2D eigenvalue weighted by molar-refractivity contribution is -0.156. The monoisotopic (exact) mass is 359 g/mol. The van der Waals surface area contributed by atoms with Crippen molar-refractivity contribution in [1.82, 2.24) is 5.32 Å². The molecule has 0 unspecified atom stereocenters. The zero-order valence-corrected chi connectivity index (χ0v) is 15.3. The van der Waals surface area contributed by atoms with Gasteiger partial charge in [0, 0.05) is 31.1 Å². The average molecular weight is 359 g/mol. The summed E-state index contributed by atoms with van der Waals surface area (Å²) >= 11 is 0. The van der Waals surface area contributed by atoms with E-state index in [1.165, 1.54) is 24.0 Å². The Labute approximate surface area is 155 Å². The first-order valence-electron chi connectivity index (χ1n) is 9.97. The van der Waals surface area contributed by atoms with Gasteiger partial charge in [0.15, 0.2) is 0 Å². The summed E-state index contributed by atoms with van der Waals surface area (Å²) in [5.41, 5.74) is 2.70. The Bertz CT molecular complexity index is 653. The molecule has 0 radical (unpaired) electrons. The van der Waals surface area contributed by atoms with Crippen LogP contribution in [-0.2, 0) is 22.4 Å². The van der Waals surface area contributed by atoms with Crippen molar-refractivity contribution in [3.05, 3.63) is 29.3 Å². The highest BCUT2D eigenvalue weighted by molar-refractivity contribution is 5.76. The summed E-state index contributed by atoms with van der Waals surface area (Å²) in [4.78, 5) is 12.3. The molecule has 5 heteroatoms. The first-order chi connectivity index (χ1) is 12.7. The number of aryl methyl sites for hydroxylation is 2. The summed E-state index contributed by atoms with van der Waals surface area (Å²) in [6.45, 7) is 1.91. The molecule has 142 valence electrons. The Hall–Kier alpha value is -1.59. The molecule has 2 N–H and O–H groups in total. The van der Waals surface area contributed by atoms with E-state index >= 15 is 0 Å². The molecule has 1 amide bonds. The van der Waals surface area contributed by atoms with E-state index < -0.39 is 0 Å². The van der Waals surface area contributed by atoms with Crippen molar-refractivity contribution in [1.29, 1.82) is 0 Å². The zero-order chi connectivity index (χ0) is 18.0. The minimum Gasteiger partial charge on any atom is -0.494 e. The predicted octanol–water partition coefficient (Wildman–Crippen LogP) is 2.38. The van der Waals surface area contributed by atoms with Gasteiger partial charge in [-0.1, -0.05) is 6.07 Å². The Morgan fingerprint density at radius 2 is 2.08 bits per heavy atom. The van der Waals surface area contributed by atoms with Crippen LogP contribution in [0.25, 0.3) is 0 Å². The Morgan fingerprint density at radius 1 is 1.27 bits per heavy atom. The molecule has 2 atom stereocenters. The van der Waals surface area contributed by atoms with E-state index in [1.54, 1.807) is 0 Å². The molecule has 2 fully saturated rings. The van der Waals surface area contributed by atoms with Gasteiger partial charge in [0.05, 0.1) is 12.7 Å². The Morgan fingerprint density at radius 3 is 2.88 bits per heavy atom. The van der Waals surface area contributed by atoms with Crippen molar-refractivity contribution in [2.45, 2.75) is 63.5 Å². The van der Waals surface area contributed by atoms with Crippen molar-refractivity contribution in [2.24, 2.45) is 5.41 Å². The van der Waals surface area contributed by atoms with Gasteiger partial charge in [0.25, 0.3) is 0 Å². The van der Waals surface area contributed by atoms with E-state index in [0.29, 0.717) is 39.1 Å². The molecule has 5 nitrogen and oxygen atoms in total. The van der Waals surface area contributed by atoms with Gasteiger partial charge >= 0.3 is 0 Å². The molecule has 1 saturated carbocycles. The van der Waals surface area contributed by atoms with Crippen molar-refractivity contribution in [3.63, 3.8) is 0 Å². The van der Waals surface area contributed by atoms with Crippen molar-refractivity contribution in [3.8, 4) is 5.75 Å². The molecule has 1 aromatic rings. The second kappa shape index (κ2) is 7.57. The molecule has 26 heavy (non-hydrogen) atoms. The lowest BCUT2D eigenvalue weighted by atomic mass is 9.58. The number of nitrogens with one attached hydrogen (secondary N) is 1. The predicted molar refractivity (Wildman–Crippen MR) is 98.2 cm³/mol. The van der Waals surface area contributed by atoms with Gasteiger partial charge in [-0.3, -0.25) is 4.79 Å². The lowest BCUT2D eigenvalue weighted by Gasteiger charge is -2.55. The highest BCUT2D eigenvalue weighted by Gasteiger charge is 2.55. The summed E-state index contributed by atoms with van der Waals surface area (Å²) in [5.74, 6) is 0.972. The fourth-order valence-electron chi connectivity index (χ4n) is 4.73. The third kappa shape index (κ3) is 3.47. The van der Waals surface area contributed by atoms with Gasteiger partial charge in [-0.05, 0) is 68.2 Å². The summed E-state index contributed by atoms with van der Waals surface area (Å²) in [5, 5.41) is 13.3. The second-order valence-electron chi connectivity index (χ2n) is 7.95. The van der Waals surface area contributed by atoms with Crippen molar-refractivity contribution >= 4 is 5.91 Å². The smallest absolute Gasteiger partial charge is 0.220 e. The fraction of sp³-hybridized carbons (Fsp3) is 0.667. The summed E-state index contributed by atoms with van der Waals surface area (Å²) in [6.07, 6.45) is 6.76. The van der Waals surface area contributed by atoms with Crippen LogP contribution in [0.3, 0.4) is 0 Å². The standard InChI is InChI=1S/C21H29NO4/c23-19-14-18(21(19)8-11-25-12-9-21)22-20(24)5-2-10-26-17-7-6-15-3-1-4-16(15)13-17/h6-7,13,18-19,23H,1-5,8-12,14H2,(H,22,24)/t18-,19-/m1/s1. The maximum absolute atomic E-state index is 12.3. The highest BCUT2D eigenvalue weighted by atomic mass is 16.5. The van der Waals surface area contributed by atoms with Crippen LogP contribution in [0.5, 0.6) is 5.75 Å². The fourth-order valence-corrected chi connectivity index (χ4v) is 4.73. The zero-order valence-electron chi connectivity index (χ0n) is 15.3. The van der Waals surface area contributed by atoms with Gasteiger partial charge in [0.2, 0.25) is 5.91 Å². The van der Waals surface area contributed by atoms with Crippen molar-refractivity contribution in [2.75, 3.05) is 19.8 Å². The third-order valence-corrected chi connectivity index (χ3v) is 6.46. The SMILES string of the molecule is O=C(CCCOc1ccc2c(c1)CCC2)N[C@@H]1C[C@@H](O)C12CCOCC2. The van der Waals surface area contributed by atoms with Crippen LogP contribution >= 0.6 is 0 Å². The van der Waals surface area contributed by atoms with E-state index in [2.05, 4.69) is 17.4 Å². The molecule has 2 aliphatic carbocycles. The number of carbonyl (C=O) groups excluding carboxylic acids is 1. The average Bonchev–Trinajstić information content (AvgIpc) is 3.13. The molecule has 1 spiro atoms. The number of carbonyl (C=O) groups is 1. The summed E-state index contributed by atoms with van der Waals surface area (Å²) in [7, 11) is 0. The molecule has 1 aliphatic heterocycles. The van der Waals surface area contributed by atoms with Crippen LogP contribution in [-0.4, -0.2) is 43.0 Å². The van der Waals surface area contributed by atoms with Crippen molar-refractivity contribution < 1.29 is 19.4 Å². The molecule has 1 saturated heterocycles. The van der Waals surface area contributed by atoms with Crippen LogP contribution < -0.4 is 10.1 Å². The van der Waals surface area contributed by atoms with E-state index in [0.717, 1.165) is 25.0 Å². The largest absolute Gasteiger partial charge is 0.494 e. The molecule has 1 heterocycles. The molecule has 0 bridgehead atoms. The quantitative estimate of drug-likeness (QED) is 0.766.